The number of rotatable bonds is 3. The molecule has 2 unspecified atom stereocenters. The summed E-state index contributed by atoms with van der Waals surface area (Å²) in [6.45, 7) is 5.14. The third-order valence-electron chi connectivity index (χ3n) is 3.32. The molecule has 1 fully saturated rings. The van der Waals surface area contributed by atoms with Crippen LogP contribution in [0.25, 0.3) is 0 Å². The summed E-state index contributed by atoms with van der Waals surface area (Å²) < 4.78 is 0. The van der Waals surface area contributed by atoms with E-state index in [1.165, 1.54) is 4.88 Å². The summed E-state index contributed by atoms with van der Waals surface area (Å²) in [6.07, 6.45) is 1.90. The lowest BCUT2D eigenvalue weighted by Gasteiger charge is -2.28. The van der Waals surface area contributed by atoms with Gasteiger partial charge in [-0.05, 0) is 44.7 Å². The van der Waals surface area contributed by atoms with Crippen LogP contribution in [0.5, 0.6) is 0 Å². The van der Waals surface area contributed by atoms with Gasteiger partial charge in [-0.25, -0.2) is 0 Å². The smallest absolute Gasteiger partial charge is 0.223 e. The highest BCUT2D eigenvalue weighted by Crippen LogP contribution is 2.21. The number of piperidine rings is 1. The van der Waals surface area contributed by atoms with Crippen molar-refractivity contribution >= 4 is 17.2 Å². The molecule has 3 nitrogen and oxygen atoms in total. The molecular weight excluding hydrogens is 232 g/mol. The first kappa shape index (κ1) is 12.6. The third-order valence-corrected chi connectivity index (χ3v) is 4.38. The number of amides is 1. The highest BCUT2D eigenvalue weighted by molar-refractivity contribution is 7.10. The van der Waals surface area contributed by atoms with Crippen molar-refractivity contribution < 1.29 is 4.79 Å². The van der Waals surface area contributed by atoms with Crippen LogP contribution in [0.4, 0.5) is 0 Å². The molecule has 0 radical (unpaired) electrons. The molecule has 17 heavy (non-hydrogen) atoms. The van der Waals surface area contributed by atoms with Crippen LogP contribution >= 0.6 is 11.3 Å². The van der Waals surface area contributed by atoms with Gasteiger partial charge in [0.2, 0.25) is 5.91 Å². The van der Waals surface area contributed by atoms with Gasteiger partial charge in [-0.3, -0.25) is 4.79 Å². The molecule has 0 saturated carbocycles. The maximum atomic E-state index is 12.1. The van der Waals surface area contributed by atoms with Crippen LogP contribution in [-0.2, 0) is 4.79 Å². The first-order valence-corrected chi connectivity index (χ1v) is 7.12. The zero-order valence-corrected chi connectivity index (χ0v) is 11.2. The van der Waals surface area contributed by atoms with E-state index in [-0.39, 0.29) is 17.9 Å². The molecule has 1 aromatic heterocycles. The molecule has 1 aliphatic heterocycles. The molecule has 2 heterocycles. The van der Waals surface area contributed by atoms with E-state index in [4.69, 9.17) is 0 Å². The van der Waals surface area contributed by atoms with Gasteiger partial charge in [-0.2, -0.15) is 0 Å². The molecule has 1 aromatic rings. The second-order valence-electron chi connectivity index (χ2n) is 4.82. The quantitative estimate of drug-likeness (QED) is 0.867. The fourth-order valence-electron chi connectivity index (χ4n) is 2.31. The largest absolute Gasteiger partial charge is 0.349 e. The van der Waals surface area contributed by atoms with E-state index in [0.29, 0.717) is 6.04 Å². The Bertz CT molecular complexity index is 364. The Hall–Kier alpha value is -0.870. The monoisotopic (exact) mass is 252 g/mol. The molecule has 2 N–H and O–H groups in total. The van der Waals surface area contributed by atoms with Crippen LogP contribution in [0, 0.1) is 5.92 Å². The molecule has 0 spiro atoms. The van der Waals surface area contributed by atoms with Gasteiger partial charge in [0.05, 0.1) is 6.04 Å². The minimum atomic E-state index is 0.132. The van der Waals surface area contributed by atoms with Crippen LogP contribution in [0.2, 0.25) is 0 Å². The number of carbonyl (C=O) groups excluding carboxylic acids is 1. The lowest BCUT2D eigenvalue weighted by Crippen LogP contribution is -2.42. The van der Waals surface area contributed by atoms with Crippen molar-refractivity contribution in [1.82, 2.24) is 10.6 Å². The van der Waals surface area contributed by atoms with E-state index in [0.717, 1.165) is 19.4 Å². The zero-order valence-electron chi connectivity index (χ0n) is 10.4. The fraction of sp³-hybridized carbons (Fsp3) is 0.615. The first-order valence-electron chi connectivity index (χ1n) is 6.24. The van der Waals surface area contributed by atoms with Gasteiger partial charge in [0.15, 0.2) is 0 Å². The van der Waals surface area contributed by atoms with Crippen molar-refractivity contribution in [3.63, 3.8) is 0 Å². The maximum absolute atomic E-state index is 12.1. The highest BCUT2D eigenvalue weighted by atomic mass is 32.1. The van der Waals surface area contributed by atoms with E-state index < -0.39 is 0 Å². The number of hydrogen-bond acceptors (Lipinski definition) is 3. The fourth-order valence-corrected chi connectivity index (χ4v) is 3.04. The minimum Gasteiger partial charge on any atom is -0.349 e. The minimum absolute atomic E-state index is 0.132. The summed E-state index contributed by atoms with van der Waals surface area (Å²) in [4.78, 5) is 13.3. The first-order chi connectivity index (χ1) is 8.16. The SMILES string of the molecule is CC1CC(C(=O)N[C@@H](C)c2cccs2)CCN1. The van der Waals surface area contributed by atoms with Gasteiger partial charge < -0.3 is 10.6 Å². The molecule has 94 valence electrons. The normalized spacial score (nSPS) is 26.5. The molecule has 4 heteroatoms. The van der Waals surface area contributed by atoms with Crippen LogP contribution in [-0.4, -0.2) is 18.5 Å². The summed E-state index contributed by atoms with van der Waals surface area (Å²) in [5, 5.41) is 8.53. The molecule has 2 rings (SSSR count). The standard InChI is InChI=1S/C13H20N2OS/c1-9-8-11(5-6-14-9)13(16)15-10(2)12-4-3-7-17-12/h3-4,7,9-11,14H,5-6,8H2,1-2H3,(H,15,16)/t9?,10-,11?/m0/s1. The van der Waals surface area contributed by atoms with Crippen molar-refractivity contribution in [2.24, 2.45) is 5.92 Å². The van der Waals surface area contributed by atoms with Gasteiger partial charge >= 0.3 is 0 Å². The number of hydrogen-bond donors (Lipinski definition) is 2. The summed E-state index contributed by atoms with van der Waals surface area (Å²) in [5.41, 5.74) is 0. The molecule has 3 atom stereocenters. The molecule has 0 aliphatic carbocycles. The second-order valence-corrected chi connectivity index (χ2v) is 5.80. The Morgan fingerprint density at radius 1 is 1.65 bits per heavy atom. The Kier molecular flexibility index (Phi) is 4.18. The van der Waals surface area contributed by atoms with Crippen molar-refractivity contribution in [3.8, 4) is 0 Å². The molecular formula is C13H20N2OS. The van der Waals surface area contributed by atoms with Crippen LogP contribution in [0.15, 0.2) is 17.5 Å². The summed E-state index contributed by atoms with van der Waals surface area (Å²) >= 11 is 1.69. The van der Waals surface area contributed by atoms with Gasteiger partial charge in [-0.1, -0.05) is 6.07 Å². The van der Waals surface area contributed by atoms with Crippen molar-refractivity contribution in [2.75, 3.05) is 6.54 Å². The van der Waals surface area contributed by atoms with Crippen molar-refractivity contribution in [2.45, 2.75) is 38.8 Å². The van der Waals surface area contributed by atoms with E-state index in [9.17, 15) is 4.79 Å². The molecule has 1 saturated heterocycles. The van der Waals surface area contributed by atoms with E-state index >= 15 is 0 Å². The summed E-state index contributed by atoms with van der Waals surface area (Å²) in [6, 6.07) is 4.68. The lowest BCUT2D eigenvalue weighted by molar-refractivity contribution is -0.126. The third kappa shape index (κ3) is 3.30. The van der Waals surface area contributed by atoms with Crippen LogP contribution in [0.3, 0.4) is 0 Å². The van der Waals surface area contributed by atoms with Gasteiger partial charge in [-0.15, -0.1) is 11.3 Å². The van der Waals surface area contributed by atoms with Gasteiger partial charge in [0, 0.05) is 16.8 Å². The van der Waals surface area contributed by atoms with E-state index in [2.05, 4.69) is 23.6 Å². The maximum Gasteiger partial charge on any atom is 0.223 e. The Morgan fingerprint density at radius 3 is 3.12 bits per heavy atom. The van der Waals surface area contributed by atoms with Crippen LogP contribution < -0.4 is 10.6 Å². The lowest BCUT2D eigenvalue weighted by atomic mass is 9.92. The van der Waals surface area contributed by atoms with E-state index in [1.807, 2.05) is 18.4 Å². The number of thiophene rings is 1. The highest BCUT2D eigenvalue weighted by Gasteiger charge is 2.25. The molecule has 0 aromatic carbocycles. The molecule has 1 amide bonds. The average molecular weight is 252 g/mol. The average Bonchev–Trinajstić information content (AvgIpc) is 2.82. The number of carbonyl (C=O) groups is 1. The topological polar surface area (TPSA) is 41.1 Å². The van der Waals surface area contributed by atoms with Gasteiger partial charge in [0.1, 0.15) is 0 Å². The summed E-state index contributed by atoms with van der Waals surface area (Å²) in [5.74, 6) is 0.382. The Labute approximate surface area is 107 Å². The van der Waals surface area contributed by atoms with Crippen molar-refractivity contribution in [3.05, 3.63) is 22.4 Å². The predicted molar refractivity (Wildman–Crippen MR) is 71.1 cm³/mol. The second kappa shape index (κ2) is 5.65. The molecule has 0 bridgehead atoms. The zero-order chi connectivity index (χ0) is 12.3. The Morgan fingerprint density at radius 2 is 2.47 bits per heavy atom. The Balaban J connectivity index is 1.88. The number of nitrogens with one attached hydrogen (secondary N) is 2. The van der Waals surface area contributed by atoms with Gasteiger partial charge in [0.25, 0.3) is 0 Å². The van der Waals surface area contributed by atoms with Crippen LogP contribution in [0.1, 0.15) is 37.6 Å². The summed E-state index contributed by atoms with van der Waals surface area (Å²) in [7, 11) is 0. The predicted octanol–water partition coefficient (Wildman–Crippen LogP) is 2.31. The van der Waals surface area contributed by atoms with Crippen molar-refractivity contribution in [1.29, 1.82) is 0 Å². The molecule has 1 aliphatic rings. The van der Waals surface area contributed by atoms with E-state index in [1.54, 1.807) is 11.3 Å².